The Morgan fingerprint density at radius 2 is 1.86 bits per heavy atom. The van der Waals surface area contributed by atoms with Gasteiger partial charge in [0.1, 0.15) is 0 Å². The van der Waals surface area contributed by atoms with E-state index in [0.717, 1.165) is 24.8 Å². The summed E-state index contributed by atoms with van der Waals surface area (Å²) in [5.74, 6) is -0.375. The van der Waals surface area contributed by atoms with Gasteiger partial charge in [0.25, 0.3) is 0 Å². The first-order chi connectivity index (χ1) is 14.1. The van der Waals surface area contributed by atoms with E-state index in [-0.39, 0.29) is 42.6 Å². The van der Waals surface area contributed by atoms with Gasteiger partial charge in [0.15, 0.2) is 0 Å². The number of hydrogen-bond acceptors (Lipinski definition) is 4. The molecule has 2 aliphatic rings. The summed E-state index contributed by atoms with van der Waals surface area (Å²) in [7, 11) is 0. The van der Waals surface area contributed by atoms with Crippen LogP contribution in [0.3, 0.4) is 0 Å². The Morgan fingerprint density at radius 3 is 2.62 bits per heavy atom. The second-order valence-corrected chi connectivity index (χ2v) is 7.73. The number of hydrogen-bond donors (Lipinski definition) is 2. The van der Waals surface area contributed by atoms with E-state index in [1.165, 1.54) is 0 Å². The summed E-state index contributed by atoms with van der Waals surface area (Å²) >= 11 is 0. The largest absolute Gasteiger partial charge is 0.381 e. The van der Waals surface area contributed by atoms with Crippen LogP contribution in [0.1, 0.15) is 50.1 Å². The van der Waals surface area contributed by atoms with Crippen molar-refractivity contribution < 1.29 is 19.1 Å². The molecule has 0 radical (unpaired) electrons. The molecule has 1 aromatic carbocycles. The Bertz CT molecular complexity index is 689. The van der Waals surface area contributed by atoms with Crippen LogP contribution in [-0.4, -0.2) is 55.5 Å². The lowest BCUT2D eigenvalue weighted by Gasteiger charge is -2.33. The number of rotatable bonds is 4. The Kier molecular flexibility index (Phi) is 8.04. The average molecular weight is 402 g/mol. The summed E-state index contributed by atoms with van der Waals surface area (Å²) < 4.78 is 5.30. The average Bonchev–Trinajstić information content (AvgIpc) is 2.77. The maximum atomic E-state index is 13.1. The molecule has 2 N–H and O–H groups in total. The SMILES string of the molecule is O=C1CC(c2ccccc2)N(C(=O)CNC(=O)C2CCOCC2)CCCCCN1. The molecule has 3 amide bonds. The molecular formula is C22H31N3O4. The van der Waals surface area contributed by atoms with Gasteiger partial charge in [0, 0.05) is 32.2 Å². The van der Waals surface area contributed by atoms with Gasteiger partial charge < -0.3 is 20.3 Å². The fourth-order valence-electron chi connectivity index (χ4n) is 3.97. The maximum Gasteiger partial charge on any atom is 0.242 e. The molecule has 7 heteroatoms. The number of benzene rings is 1. The zero-order chi connectivity index (χ0) is 20.5. The highest BCUT2D eigenvalue weighted by Crippen LogP contribution is 2.26. The fourth-order valence-corrected chi connectivity index (χ4v) is 3.97. The first-order valence-electron chi connectivity index (χ1n) is 10.6. The van der Waals surface area contributed by atoms with Crippen LogP contribution in [0.15, 0.2) is 30.3 Å². The molecule has 0 aliphatic carbocycles. The number of ether oxygens (including phenoxy) is 1. The van der Waals surface area contributed by atoms with Crippen LogP contribution in [0.25, 0.3) is 0 Å². The van der Waals surface area contributed by atoms with E-state index >= 15 is 0 Å². The molecule has 1 unspecified atom stereocenters. The van der Waals surface area contributed by atoms with Crippen LogP contribution in [0, 0.1) is 5.92 Å². The number of carbonyl (C=O) groups is 3. The molecule has 0 bridgehead atoms. The zero-order valence-electron chi connectivity index (χ0n) is 16.9. The van der Waals surface area contributed by atoms with Gasteiger partial charge >= 0.3 is 0 Å². The normalized spacial score (nSPS) is 21.9. The third kappa shape index (κ3) is 6.29. The molecule has 0 saturated carbocycles. The van der Waals surface area contributed by atoms with Crippen LogP contribution in [0.4, 0.5) is 0 Å². The van der Waals surface area contributed by atoms with Crippen LogP contribution in [-0.2, 0) is 19.1 Å². The van der Waals surface area contributed by atoms with E-state index in [1.807, 2.05) is 30.3 Å². The van der Waals surface area contributed by atoms with Crippen LogP contribution in [0.2, 0.25) is 0 Å². The van der Waals surface area contributed by atoms with Gasteiger partial charge in [0.05, 0.1) is 19.0 Å². The fraction of sp³-hybridized carbons (Fsp3) is 0.591. The summed E-state index contributed by atoms with van der Waals surface area (Å²) in [4.78, 5) is 39.7. The minimum absolute atomic E-state index is 0.0405. The summed E-state index contributed by atoms with van der Waals surface area (Å²) in [5, 5.41) is 5.76. The smallest absolute Gasteiger partial charge is 0.242 e. The van der Waals surface area contributed by atoms with Crippen LogP contribution < -0.4 is 10.6 Å². The molecular weight excluding hydrogens is 370 g/mol. The van der Waals surface area contributed by atoms with Gasteiger partial charge in [-0.05, 0) is 37.7 Å². The quantitative estimate of drug-likeness (QED) is 0.805. The molecule has 2 heterocycles. The van der Waals surface area contributed by atoms with Crippen molar-refractivity contribution in [1.29, 1.82) is 0 Å². The van der Waals surface area contributed by atoms with Gasteiger partial charge in [-0.2, -0.15) is 0 Å². The molecule has 2 fully saturated rings. The molecule has 7 nitrogen and oxygen atoms in total. The maximum absolute atomic E-state index is 13.1. The summed E-state index contributed by atoms with van der Waals surface area (Å²) in [6.45, 7) is 2.39. The predicted molar refractivity (Wildman–Crippen MR) is 109 cm³/mol. The summed E-state index contributed by atoms with van der Waals surface area (Å²) in [6, 6.07) is 9.32. The van der Waals surface area contributed by atoms with Gasteiger partial charge in [0.2, 0.25) is 17.7 Å². The lowest BCUT2D eigenvalue weighted by Crippen LogP contribution is -2.45. The number of nitrogens with one attached hydrogen (secondary N) is 2. The lowest BCUT2D eigenvalue weighted by molar-refractivity contribution is -0.137. The van der Waals surface area contributed by atoms with Gasteiger partial charge in [-0.1, -0.05) is 30.3 Å². The standard InChI is InChI=1S/C22H31N3O4/c26-20-15-19(17-7-3-1-4-8-17)25(12-6-2-5-11-23-20)21(27)16-24-22(28)18-9-13-29-14-10-18/h1,3-4,7-8,18-19H,2,5-6,9-16H2,(H,23,26)(H,24,28). The highest BCUT2D eigenvalue weighted by Gasteiger charge is 2.29. The molecule has 3 rings (SSSR count). The topological polar surface area (TPSA) is 87.7 Å². The first-order valence-corrected chi connectivity index (χ1v) is 10.6. The van der Waals surface area contributed by atoms with E-state index in [2.05, 4.69) is 10.6 Å². The van der Waals surface area contributed by atoms with Crippen LogP contribution >= 0.6 is 0 Å². The van der Waals surface area contributed by atoms with Crippen molar-refractivity contribution in [3.05, 3.63) is 35.9 Å². The van der Waals surface area contributed by atoms with Gasteiger partial charge in [-0.15, -0.1) is 0 Å². The third-order valence-corrected chi connectivity index (χ3v) is 5.66. The molecule has 158 valence electrons. The Morgan fingerprint density at radius 1 is 1.10 bits per heavy atom. The highest BCUT2D eigenvalue weighted by atomic mass is 16.5. The van der Waals surface area contributed by atoms with Gasteiger partial charge in [-0.3, -0.25) is 14.4 Å². The van der Waals surface area contributed by atoms with Gasteiger partial charge in [-0.25, -0.2) is 0 Å². The van der Waals surface area contributed by atoms with Crippen molar-refractivity contribution in [1.82, 2.24) is 15.5 Å². The molecule has 29 heavy (non-hydrogen) atoms. The zero-order valence-corrected chi connectivity index (χ0v) is 16.9. The van der Waals surface area contributed by atoms with Crippen LogP contribution in [0.5, 0.6) is 0 Å². The van der Waals surface area contributed by atoms with Crippen molar-refractivity contribution in [2.24, 2.45) is 5.92 Å². The Balaban J connectivity index is 1.70. The molecule has 1 atom stereocenters. The minimum atomic E-state index is -0.332. The van der Waals surface area contributed by atoms with Crippen molar-refractivity contribution in [2.75, 3.05) is 32.8 Å². The highest BCUT2D eigenvalue weighted by molar-refractivity contribution is 5.86. The monoisotopic (exact) mass is 401 g/mol. The number of carbonyl (C=O) groups excluding carboxylic acids is 3. The molecule has 2 aliphatic heterocycles. The third-order valence-electron chi connectivity index (χ3n) is 5.66. The molecule has 2 saturated heterocycles. The second kappa shape index (κ2) is 11.0. The summed E-state index contributed by atoms with van der Waals surface area (Å²) in [6.07, 6.45) is 4.33. The van der Waals surface area contributed by atoms with Crippen molar-refractivity contribution in [3.8, 4) is 0 Å². The Hall–Kier alpha value is -2.41. The predicted octanol–water partition coefficient (Wildman–Crippen LogP) is 1.79. The van der Waals surface area contributed by atoms with Crippen molar-refractivity contribution in [2.45, 2.75) is 44.6 Å². The lowest BCUT2D eigenvalue weighted by atomic mass is 9.99. The molecule has 0 spiro atoms. The minimum Gasteiger partial charge on any atom is -0.381 e. The number of nitrogens with zero attached hydrogens (tertiary/aromatic N) is 1. The first kappa shape index (κ1) is 21.3. The van der Waals surface area contributed by atoms with E-state index in [4.69, 9.17) is 4.74 Å². The van der Waals surface area contributed by atoms with E-state index in [0.29, 0.717) is 39.1 Å². The van der Waals surface area contributed by atoms with Crippen molar-refractivity contribution >= 4 is 17.7 Å². The second-order valence-electron chi connectivity index (χ2n) is 7.73. The van der Waals surface area contributed by atoms with E-state index in [9.17, 15) is 14.4 Å². The molecule has 1 aromatic rings. The molecule has 0 aromatic heterocycles. The summed E-state index contributed by atoms with van der Waals surface area (Å²) in [5.41, 5.74) is 0.937. The van der Waals surface area contributed by atoms with Crippen molar-refractivity contribution in [3.63, 3.8) is 0 Å². The van der Waals surface area contributed by atoms with E-state index < -0.39 is 0 Å². The van der Waals surface area contributed by atoms with E-state index in [1.54, 1.807) is 4.90 Å². The number of amides is 3. The Labute approximate surface area is 172 Å².